The molecule has 2 N–H and O–H groups in total. The summed E-state index contributed by atoms with van der Waals surface area (Å²) in [5, 5.41) is 0. The van der Waals surface area contributed by atoms with Crippen molar-refractivity contribution in [1.82, 2.24) is 4.90 Å². The maximum Gasteiger partial charge on any atom is 0.0172 e. The summed E-state index contributed by atoms with van der Waals surface area (Å²) < 4.78 is 0. The second-order valence-corrected chi connectivity index (χ2v) is 5.89. The van der Waals surface area contributed by atoms with Crippen LogP contribution in [0.3, 0.4) is 0 Å². The molecule has 0 aromatic heterocycles. The van der Waals surface area contributed by atoms with Gasteiger partial charge in [-0.05, 0) is 37.8 Å². The van der Waals surface area contributed by atoms with Gasteiger partial charge < -0.3 is 10.6 Å². The van der Waals surface area contributed by atoms with Crippen molar-refractivity contribution >= 4 is 0 Å². The minimum atomic E-state index is 0.355. The summed E-state index contributed by atoms with van der Waals surface area (Å²) in [5.41, 5.74) is 6.52. The molecule has 1 rings (SSSR count). The van der Waals surface area contributed by atoms with Crippen LogP contribution < -0.4 is 5.73 Å². The van der Waals surface area contributed by atoms with E-state index >= 15 is 0 Å². The number of nitrogens with zero attached hydrogens (tertiary/aromatic N) is 1. The molecule has 2 heteroatoms. The van der Waals surface area contributed by atoms with E-state index in [9.17, 15) is 0 Å². The molecule has 14 heavy (non-hydrogen) atoms. The topological polar surface area (TPSA) is 29.3 Å². The Bertz CT molecular complexity index is 154. The number of piperidine rings is 1. The summed E-state index contributed by atoms with van der Waals surface area (Å²) in [7, 11) is 0. The maximum absolute atomic E-state index is 6.15. The molecule has 0 bridgehead atoms. The number of hydrogen-bond acceptors (Lipinski definition) is 2. The molecule has 1 saturated heterocycles. The van der Waals surface area contributed by atoms with Crippen LogP contribution >= 0.6 is 0 Å². The van der Waals surface area contributed by atoms with Crippen molar-refractivity contribution in [2.45, 2.75) is 52.5 Å². The Labute approximate surface area is 88.8 Å². The van der Waals surface area contributed by atoms with Gasteiger partial charge in [0.1, 0.15) is 0 Å². The van der Waals surface area contributed by atoms with Gasteiger partial charge >= 0.3 is 0 Å². The molecule has 1 unspecified atom stereocenters. The smallest absolute Gasteiger partial charge is 0.0172 e. The van der Waals surface area contributed by atoms with Gasteiger partial charge in [-0.1, -0.05) is 27.2 Å². The van der Waals surface area contributed by atoms with Crippen LogP contribution in [0, 0.1) is 5.41 Å². The van der Waals surface area contributed by atoms with E-state index in [1.165, 1.54) is 32.4 Å². The van der Waals surface area contributed by atoms with Gasteiger partial charge in [-0.25, -0.2) is 0 Å². The molecule has 0 amide bonds. The first-order valence-corrected chi connectivity index (χ1v) is 5.95. The molecule has 1 heterocycles. The highest BCUT2D eigenvalue weighted by Crippen LogP contribution is 2.20. The molecule has 1 aliphatic heterocycles. The molecule has 0 spiro atoms. The highest BCUT2D eigenvalue weighted by atomic mass is 15.1. The Morgan fingerprint density at radius 2 is 1.71 bits per heavy atom. The highest BCUT2D eigenvalue weighted by molar-refractivity contribution is 4.76. The third kappa shape index (κ3) is 4.97. The van der Waals surface area contributed by atoms with Gasteiger partial charge in [-0.2, -0.15) is 0 Å². The molecule has 0 aliphatic carbocycles. The average Bonchev–Trinajstić information content (AvgIpc) is 2.02. The van der Waals surface area contributed by atoms with Crippen LogP contribution in [0.1, 0.15) is 46.5 Å². The summed E-state index contributed by atoms with van der Waals surface area (Å²) in [6, 6.07) is 0.355. The zero-order valence-corrected chi connectivity index (χ0v) is 10.1. The molecular formula is C12H26N2. The van der Waals surface area contributed by atoms with E-state index in [4.69, 9.17) is 5.73 Å². The first kappa shape index (κ1) is 12.0. The first-order valence-electron chi connectivity index (χ1n) is 5.95. The summed E-state index contributed by atoms with van der Waals surface area (Å²) in [6.07, 6.45) is 5.26. The predicted molar refractivity (Wildman–Crippen MR) is 62.3 cm³/mol. The van der Waals surface area contributed by atoms with Crippen LogP contribution in [0.4, 0.5) is 0 Å². The monoisotopic (exact) mass is 198 g/mol. The molecule has 1 atom stereocenters. The van der Waals surface area contributed by atoms with Crippen molar-refractivity contribution < 1.29 is 0 Å². The van der Waals surface area contributed by atoms with E-state index in [0.717, 1.165) is 13.0 Å². The molecule has 1 fully saturated rings. The molecule has 2 nitrogen and oxygen atoms in total. The lowest BCUT2D eigenvalue weighted by atomic mass is 9.88. The lowest BCUT2D eigenvalue weighted by Gasteiger charge is -2.31. The van der Waals surface area contributed by atoms with Gasteiger partial charge in [-0.3, -0.25) is 0 Å². The third-order valence-electron chi connectivity index (χ3n) is 2.82. The first-order chi connectivity index (χ1) is 6.47. The maximum atomic E-state index is 6.15. The molecule has 0 radical (unpaired) electrons. The zero-order valence-electron chi connectivity index (χ0n) is 10.1. The van der Waals surface area contributed by atoms with Crippen LogP contribution in [-0.4, -0.2) is 30.6 Å². The quantitative estimate of drug-likeness (QED) is 0.753. The molecular weight excluding hydrogens is 172 g/mol. The van der Waals surface area contributed by atoms with Gasteiger partial charge in [0.25, 0.3) is 0 Å². The van der Waals surface area contributed by atoms with Crippen molar-refractivity contribution in [2.75, 3.05) is 19.6 Å². The van der Waals surface area contributed by atoms with E-state index < -0.39 is 0 Å². The Kier molecular flexibility index (Phi) is 4.39. The number of nitrogens with two attached hydrogens (primary N) is 1. The largest absolute Gasteiger partial charge is 0.327 e. The van der Waals surface area contributed by atoms with Gasteiger partial charge in [-0.15, -0.1) is 0 Å². The fourth-order valence-electron chi connectivity index (χ4n) is 2.32. The molecule has 0 saturated carbocycles. The van der Waals surface area contributed by atoms with Crippen molar-refractivity contribution in [1.29, 1.82) is 0 Å². The molecule has 1 aliphatic rings. The van der Waals surface area contributed by atoms with Crippen LogP contribution in [0.2, 0.25) is 0 Å². The van der Waals surface area contributed by atoms with Crippen molar-refractivity contribution in [3.05, 3.63) is 0 Å². The fourth-order valence-corrected chi connectivity index (χ4v) is 2.32. The van der Waals surface area contributed by atoms with Crippen molar-refractivity contribution in [3.63, 3.8) is 0 Å². The van der Waals surface area contributed by atoms with Crippen LogP contribution in [0.15, 0.2) is 0 Å². The minimum Gasteiger partial charge on any atom is -0.327 e. The van der Waals surface area contributed by atoms with E-state index in [-0.39, 0.29) is 0 Å². The van der Waals surface area contributed by atoms with E-state index in [2.05, 4.69) is 25.7 Å². The average molecular weight is 198 g/mol. The Hall–Kier alpha value is -0.0800. The molecule has 84 valence electrons. The summed E-state index contributed by atoms with van der Waals surface area (Å²) in [6.45, 7) is 10.4. The van der Waals surface area contributed by atoms with Gasteiger partial charge in [0.05, 0.1) is 0 Å². The zero-order chi connectivity index (χ0) is 10.6. The third-order valence-corrected chi connectivity index (χ3v) is 2.82. The van der Waals surface area contributed by atoms with Crippen molar-refractivity contribution in [2.24, 2.45) is 11.1 Å². The molecule has 0 aromatic carbocycles. The van der Waals surface area contributed by atoms with E-state index in [0.29, 0.717) is 11.5 Å². The normalized spacial score (nSPS) is 22.3. The number of hydrogen-bond donors (Lipinski definition) is 1. The van der Waals surface area contributed by atoms with Crippen LogP contribution in [-0.2, 0) is 0 Å². The predicted octanol–water partition coefficient (Wildman–Crippen LogP) is 2.24. The number of likely N-dealkylation sites (tertiary alicyclic amines) is 1. The SMILES string of the molecule is CC(C)(C)CC(N)CN1CCCCC1. The van der Waals surface area contributed by atoms with Crippen molar-refractivity contribution in [3.8, 4) is 0 Å². The summed E-state index contributed by atoms with van der Waals surface area (Å²) >= 11 is 0. The Balaban J connectivity index is 2.21. The number of rotatable bonds is 3. The van der Waals surface area contributed by atoms with E-state index in [1.54, 1.807) is 0 Å². The van der Waals surface area contributed by atoms with Gasteiger partial charge in [0.2, 0.25) is 0 Å². The highest BCUT2D eigenvalue weighted by Gasteiger charge is 2.18. The Morgan fingerprint density at radius 3 is 2.21 bits per heavy atom. The second kappa shape index (κ2) is 5.13. The Morgan fingerprint density at radius 1 is 1.14 bits per heavy atom. The van der Waals surface area contributed by atoms with Crippen LogP contribution in [0.25, 0.3) is 0 Å². The summed E-state index contributed by atoms with van der Waals surface area (Å²) in [4.78, 5) is 2.53. The van der Waals surface area contributed by atoms with Crippen LogP contribution in [0.5, 0.6) is 0 Å². The lowest BCUT2D eigenvalue weighted by molar-refractivity contribution is 0.197. The second-order valence-electron chi connectivity index (χ2n) is 5.89. The minimum absolute atomic E-state index is 0.355. The molecule has 0 aromatic rings. The van der Waals surface area contributed by atoms with Gasteiger partial charge in [0.15, 0.2) is 0 Å². The fraction of sp³-hybridized carbons (Fsp3) is 1.00. The summed E-state index contributed by atoms with van der Waals surface area (Å²) in [5.74, 6) is 0. The standard InChI is InChI=1S/C12H26N2/c1-12(2,3)9-11(13)10-14-7-5-4-6-8-14/h11H,4-10,13H2,1-3H3. The van der Waals surface area contributed by atoms with Gasteiger partial charge in [0, 0.05) is 12.6 Å². The lowest BCUT2D eigenvalue weighted by Crippen LogP contribution is -2.41. The van der Waals surface area contributed by atoms with E-state index in [1.807, 2.05) is 0 Å².